The summed E-state index contributed by atoms with van der Waals surface area (Å²) in [6.45, 7) is 0. The van der Waals surface area contributed by atoms with Crippen LogP contribution in [0.1, 0.15) is 37.2 Å². The van der Waals surface area contributed by atoms with Gasteiger partial charge in [-0.25, -0.2) is 0 Å². The molecule has 0 bridgehead atoms. The zero-order chi connectivity index (χ0) is 12.4. The monoisotopic (exact) mass is 253 g/mol. The minimum Gasteiger partial charge on any atom is -0.481 e. The first-order chi connectivity index (χ1) is 8.08. The zero-order valence-corrected chi connectivity index (χ0v) is 10.3. The summed E-state index contributed by atoms with van der Waals surface area (Å²) in [4.78, 5) is 11.3. The summed E-state index contributed by atoms with van der Waals surface area (Å²) < 4.78 is 0. The second kappa shape index (κ2) is 4.96. The lowest BCUT2D eigenvalue weighted by atomic mass is 9.77. The summed E-state index contributed by atoms with van der Waals surface area (Å²) in [6, 6.07) is 5.03. The third kappa shape index (κ3) is 2.72. The van der Waals surface area contributed by atoms with Gasteiger partial charge in [0, 0.05) is 10.7 Å². The summed E-state index contributed by atoms with van der Waals surface area (Å²) in [6.07, 6.45) is 4.14. The number of carboxylic acid groups (broad SMARTS) is 1. The molecule has 0 spiro atoms. The van der Waals surface area contributed by atoms with Crippen LogP contribution in [0.25, 0.3) is 0 Å². The first kappa shape index (κ1) is 12.2. The van der Waals surface area contributed by atoms with Crippen molar-refractivity contribution in [2.45, 2.75) is 31.6 Å². The number of nitrogens with two attached hydrogens (primary N) is 1. The molecule has 1 fully saturated rings. The molecule has 0 radical (unpaired) electrons. The van der Waals surface area contributed by atoms with E-state index < -0.39 is 11.9 Å². The highest BCUT2D eigenvalue weighted by atomic mass is 35.5. The normalized spacial score (nSPS) is 17.5. The fraction of sp³-hybridized carbons (Fsp3) is 0.462. The Balaban J connectivity index is 2.24. The van der Waals surface area contributed by atoms with E-state index in [-0.39, 0.29) is 0 Å². The van der Waals surface area contributed by atoms with Gasteiger partial charge in [-0.2, -0.15) is 0 Å². The predicted molar refractivity (Wildman–Crippen MR) is 68.2 cm³/mol. The maximum absolute atomic E-state index is 11.3. The molecule has 0 aromatic heterocycles. The molecular weight excluding hydrogens is 238 g/mol. The lowest BCUT2D eigenvalue weighted by Crippen LogP contribution is -2.21. The molecule has 92 valence electrons. The number of benzene rings is 1. The Labute approximate surface area is 106 Å². The van der Waals surface area contributed by atoms with Gasteiger partial charge in [0.1, 0.15) is 0 Å². The number of hydrogen-bond acceptors (Lipinski definition) is 2. The van der Waals surface area contributed by atoms with E-state index in [0.717, 1.165) is 12.8 Å². The molecule has 2 rings (SSSR count). The first-order valence-corrected chi connectivity index (χ1v) is 6.23. The Hall–Kier alpha value is -1.22. The number of carbonyl (C=O) groups is 1. The Morgan fingerprint density at radius 3 is 2.76 bits per heavy atom. The Kier molecular flexibility index (Phi) is 3.57. The van der Waals surface area contributed by atoms with Crippen molar-refractivity contribution in [2.24, 2.45) is 5.92 Å². The molecule has 1 saturated carbocycles. The van der Waals surface area contributed by atoms with Crippen molar-refractivity contribution < 1.29 is 9.90 Å². The number of aliphatic carboxylic acids is 1. The topological polar surface area (TPSA) is 63.3 Å². The quantitative estimate of drug-likeness (QED) is 0.810. The van der Waals surface area contributed by atoms with E-state index in [4.69, 9.17) is 17.3 Å². The van der Waals surface area contributed by atoms with Crippen LogP contribution in [0.5, 0.6) is 0 Å². The minimum atomic E-state index is -0.814. The van der Waals surface area contributed by atoms with Crippen LogP contribution in [0.2, 0.25) is 5.02 Å². The molecule has 1 aliphatic rings. The fourth-order valence-corrected chi connectivity index (χ4v) is 2.45. The van der Waals surface area contributed by atoms with Gasteiger partial charge in [-0.1, -0.05) is 30.9 Å². The van der Waals surface area contributed by atoms with Crippen LogP contribution in [0.3, 0.4) is 0 Å². The third-order valence-corrected chi connectivity index (χ3v) is 3.75. The Morgan fingerprint density at radius 2 is 2.24 bits per heavy atom. The molecule has 0 saturated heterocycles. The lowest BCUT2D eigenvalue weighted by molar-refractivity contribution is -0.139. The molecule has 0 aliphatic heterocycles. The molecule has 0 amide bonds. The smallest absolute Gasteiger partial charge is 0.311 e. The standard InChI is InChI=1S/C13H16ClNO2/c14-9-4-5-12(15)10(7-9)11(13(16)17)6-8-2-1-3-8/h4-5,7-8,11H,1-3,6,15H2,(H,16,17). The lowest BCUT2D eigenvalue weighted by Gasteiger charge is -2.28. The van der Waals surface area contributed by atoms with E-state index in [1.807, 2.05) is 0 Å². The van der Waals surface area contributed by atoms with Crippen molar-refractivity contribution in [3.05, 3.63) is 28.8 Å². The number of halogens is 1. The van der Waals surface area contributed by atoms with Crippen LogP contribution < -0.4 is 5.73 Å². The highest BCUT2D eigenvalue weighted by Crippen LogP contribution is 2.38. The number of rotatable bonds is 4. The molecule has 1 atom stereocenters. The second-order valence-corrected chi connectivity index (χ2v) is 5.13. The predicted octanol–water partition coefficient (Wildman–Crippen LogP) is 3.28. The van der Waals surface area contributed by atoms with E-state index in [1.165, 1.54) is 6.42 Å². The van der Waals surface area contributed by atoms with E-state index in [0.29, 0.717) is 28.6 Å². The highest BCUT2D eigenvalue weighted by molar-refractivity contribution is 6.30. The SMILES string of the molecule is Nc1ccc(Cl)cc1C(CC1CCC1)C(=O)O. The fourth-order valence-electron chi connectivity index (χ4n) is 2.27. The summed E-state index contributed by atoms with van der Waals surface area (Å²) in [5.41, 5.74) is 7.01. The van der Waals surface area contributed by atoms with Crippen LogP contribution in [0.4, 0.5) is 5.69 Å². The molecule has 17 heavy (non-hydrogen) atoms. The van der Waals surface area contributed by atoms with Crippen LogP contribution in [0.15, 0.2) is 18.2 Å². The summed E-state index contributed by atoms with van der Waals surface area (Å²) >= 11 is 5.90. The molecule has 0 heterocycles. The van der Waals surface area contributed by atoms with E-state index in [9.17, 15) is 9.90 Å². The molecule has 1 aromatic rings. The van der Waals surface area contributed by atoms with Crippen molar-refractivity contribution in [1.29, 1.82) is 0 Å². The van der Waals surface area contributed by atoms with Gasteiger partial charge in [0.25, 0.3) is 0 Å². The summed E-state index contributed by atoms with van der Waals surface area (Å²) in [5.74, 6) is -0.820. The average Bonchev–Trinajstić information content (AvgIpc) is 2.20. The third-order valence-electron chi connectivity index (χ3n) is 3.52. The van der Waals surface area contributed by atoms with E-state index in [1.54, 1.807) is 18.2 Å². The largest absolute Gasteiger partial charge is 0.481 e. The highest BCUT2D eigenvalue weighted by Gasteiger charge is 2.28. The van der Waals surface area contributed by atoms with Crippen LogP contribution in [-0.2, 0) is 4.79 Å². The maximum atomic E-state index is 11.3. The molecule has 1 aliphatic carbocycles. The minimum absolute atomic E-state index is 0.515. The number of hydrogen-bond donors (Lipinski definition) is 2. The summed E-state index contributed by atoms with van der Waals surface area (Å²) in [7, 11) is 0. The molecule has 3 N–H and O–H groups in total. The Bertz CT molecular complexity index is 429. The molecule has 1 aromatic carbocycles. The van der Waals surface area contributed by atoms with Crippen molar-refractivity contribution >= 4 is 23.3 Å². The van der Waals surface area contributed by atoms with E-state index in [2.05, 4.69) is 0 Å². The van der Waals surface area contributed by atoms with Gasteiger partial charge in [0.15, 0.2) is 0 Å². The van der Waals surface area contributed by atoms with Gasteiger partial charge in [-0.3, -0.25) is 4.79 Å². The van der Waals surface area contributed by atoms with Gasteiger partial charge < -0.3 is 10.8 Å². The maximum Gasteiger partial charge on any atom is 0.311 e. The van der Waals surface area contributed by atoms with Gasteiger partial charge >= 0.3 is 5.97 Å². The van der Waals surface area contributed by atoms with Crippen molar-refractivity contribution in [3.63, 3.8) is 0 Å². The van der Waals surface area contributed by atoms with Gasteiger partial charge in [-0.15, -0.1) is 0 Å². The van der Waals surface area contributed by atoms with Gasteiger partial charge in [0.2, 0.25) is 0 Å². The van der Waals surface area contributed by atoms with E-state index >= 15 is 0 Å². The van der Waals surface area contributed by atoms with Gasteiger partial charge in [-0.05, 0) is 36.1 Å². The molecule has 1 unspecified atom stereocenters. The molecule has 4 heteroatoms. The average molecular weight is 254 g/mol. The molecule has 3 nitrogen and oxygen atoms in total. The van der Waals surface area contributed by atoms with Crippen LogP contribution >= 0.6 is 11.6 Å². The Morgan fingerprint density at radius 1 is 1.53 bits per heavy atom. The zero-order valence-electron chi connectivity index (χ0n) is 9.53. The van der Waals surface area contributed by atoms with Crippen LogP contribution in [0, 0.1) is 5.92 Å². The van der Waals surface area contributed by atoms with Gasteiger partial charge in [0.05, 0.1) is 5.92 Å². The first-order valence-electron chi connectivity index (χ1n) is 5.85. The van der Waals surface area contributed by atoms with Crippen molar-refractivity contribution in [2.75, 3.05) is 5.73 Å². The van der Waals surface area contributed by atoms with Crippen LogP contribution in [-0.4, -0.2) is 11.1 Å². The number of anilines is 1. The van der Waals surface area contributed by atoms with Crippen molar-refractivity contribution in [3.8, 4) is 0 Å². The number of nitrogen functional groups attached to an aromatic ring is 1. The molecular formula is C13H16ClNO2. The second-order valence-electron chi connectivity index (χ2n) is 4.70. The number of carboxylic acids is 1. The summed E-state index contributed by atoms with van der Waals surface area (Å²) in [5, 5.41) is 9.85. The van der Waals surface area contributed by atoms with Crippen molar-refractivity contribution in [1.82, 2.24) is 0 Å².